The maximum atomic E-state index is 11.8. The van der Waals surface area contributed by atoms with E-state index in [1.165, 1.54) is 11.8 Å². The Bertz CT molecular complexity index is 853. The second-order valence-electron chi connectivity index (χ2n) is 4.91. The van der Waals surface area contributed by atoms with Crippen molar-refractivity contribution in [2.75, 3.05) is 5.75 Å². The maximum absolute atomic E-state index is 11.8. The summed E-state index contributed by atoms with van der Waals surface area (Å²) in [7, 11) is 0. The van der Waals surface area contributed by atoms with Gasteiger partial charge >= 0.3 is 5.97 Å². The van der Waals surface area contributed by atoms with E-state index in [1.807, 2.05) is 24.3 Å². The zero-order valence-corrected chi connectivity index (χ0v) is 16.0. The molecule has 2 aromatic carbocycles. The van der Waals surface area contributed by atoms with Crippen molar-refractivity contribution in [1.29, 1.82) is 0 Å². The van der Waals surface area contributed by atoms with Crippen LogP contribution in [0.25, 0.3) is 11.5 Å². The molecule has 3 rings (SSSR count). The fourth-order valence-electron chi connectivity index (χ4n) is 1.88. The van der Waals surface area contributed by atoms with Crippen LogP contribution in [0, 0.1) is 0 Å². The van der Waals surface area contributed by atoms with Crippen LogP contribution in [0.5, 0.6) is 0 Å². The summed E-state index contributed by atoms with van der Waals surface area (Å²) in [5.74, 6) is 0.456. The molecule has 0 aliphatic carbocycles. The molecule has 1 heterocycles. The Balaban J connectivity index is 1.49. The second kappa shape index (κ2) is 8.51. The van der Waals surface area contributed by atoms with Crippen LogP contribution in [0.4, 0.5) is 0 Å². The minimum Gasteiger partial charge on any atom is -0.455 e. The Labute approximate surface area is 161 Å². The zero-order valence-electron chi connectivity index (χ0n) is 12.8. The van der Waals surface area contributed by atoms with Crippen LogP contribution in [0.2, 0.25) is 5.02 Å². The number of nitrogens with zero attached hydrogens (tertiary/aromatic N) is 2. The molecule has 0 spiro atoms. The third-order valence-electron chi connectivity index (χ3n) is 3.08. The van der Waals surface area contributed by atoms with E-state index in [0.717, 1.165) is 14.9 Å². The summed E-state index contributed by atoms with van der Waals surface area (Å²) in [5, 5.41) is 8.44. The van der Waals surface area contributed by atoms with E-state index in [4.69, 9.17) is 20.8 Å². The molecule has 25 heavy (non-hydrogen) atoms. The number of carbonyl (C=O) groups excluding carboxylic acids is 1. The summed E-state index contributed by atoms with van der Waals surface area (Å²) in [5.41, 5.74) is 0.750. The van der Waals surface area contributed by atoms with Gasteiger partial charge in [0, 0.05) is 20.0 Å². The smallest absolute Gasteiger partial charge is 0.316 e. The monoisotopic (exact) mass is 438 g/mol. The molecule has 0 N–H and O–H groups in total. The quantitative estimate of drug-likeness (QED) is 0.398. The predicted octanol–water partition coefficient (Wildman–Crippen LogP) is 4.99. The molecular weight excluding hydrogens is 428 g/mol. The lowest BCUT2D eigenvalue weighted by Gasteiger charge is -2.02. The van der Waals surface area contributed by atoms with E-state index in [2.05, 4.69) is 26.1 Å². The van der Waals surface area contributed by atoms with Gasteiger partial charge in [-0.3, -0.25) is 4.79 Å². The Morgan fingerprint density at radius 2 is 1.84 bits per heavy atom. The van der Waals surface area contributed by atoms with Crippen molar-refractivity contribution >= 4 is 45.3 Å². The first-order valence-electron chi connectivity index (χ1n) is 7.22. The Morgan fingerprint density at radius 3 is 2.56 bits per heavy atom. The lowest BCUT2D eigenvalue weighted by Crippen LogP contribution is -2.07. The standard InChI is InChI=1S/C17H12BrClN2O3S/c18-12-3-7-14(8-4-12)25-10-16(22)23-9-15-20-21-17(24-15)11-1-5-13(19)6-2-11/h1-8H,9-10H2. The highest BCUT2D eigenvalue weighted by Gasteiger charge is 2.11. The molecule has 0 unspecified atom stereocenters. The van der Waals surface area contributed by atoms with E-state index >= 15 is 0 Å². The summed E-state index contributed by atoms with van der Waals surface area (Å²) in [6, 6.07) is 14.7. The molecular formula is C17H12BrClN2O3S. The van der Waals surface area contributed by atoms with Crippen LogP contribution in [0.15, 0.2) is 62.3 Å². The van der Waals surface area contributed by atoms with Gasteiger partial charge in [-0.15, -0.1) is 22.0 Å². The van der Waals surface area contributed by atoms with Gasteiger partial charge in [-0.25, -0.2) is 0 Å². The van der Waals surface area contributed by atoms with Gasteiger partial charge in [0.05, 0.1) is 5.75 Å². The molecule has 0 bridgehead atoms. The third kappa shape index (κ3) is 5.32. The Morgan fingerprint density at radius 1 is 1.12 bits per heavy atom. The first kappa shape index (κ1) is 18.0. The van der Waals surface area contributed by atoms with E-state index in [1.54, 1.807) is 24.3 Å². The highest BCUT2D eigenvalue weighted by atomic mass is 79.9. The van der Waals surface area contributed by atoms with Gasteiger partial charge in [0.25, 0.3) is 5.89 Å². The molecule has 0 saturated heterocycles. The molecule has 0 aliphatic heterocycles. The number of ether oxygens (including phenoxy) is 1. The summed E-state index contributed by atoms with van der Waals surface area (Å²) in [6.45, 7) is -0.0552. The molecule has 0 fully saturated rings. The second-order valence-corrected chi connectivity index (χ2v) is 7.31. The number of halogens is 2. The van der Waals surface area contributed by atoms with Crippen molar-refractivity contribution in [3.05, 3.63) is 63.9 Å². The number of benzene rings is 2. The zero-order chi connectivity index (χ0) is 17.6. The number of esters is 1. The predicted molar refractivity (Wildman–Crippen MR) is 99.4 cm³/mol. The van der Waals surface area contributed by atoms with Gasteiger partial charge in [0.2, 0.25) is 5.89 Å². The van der Waals surface area contributed by atoms with Crippen molar-refractivity contribution in [2.24, 2.45) is 0 Å². The topological polar surface area (TPSA) is 65.2 Å². The van der Waals surface area contributed by atoms with E-state index in [9.17, 15) is 4.79 Å². The number of aromatic nitrogens is 2. The van der Waals surface area contributed by atoms with Crippen molar-refractivity contribution in [2.45, 2.75) is 11.5 Å². The first-order valence-corrected chi connectivity index (χ1v) is 9.38. The number of hydrogen-bond donors (Lipinski definition) is 0. The van der Waals surface area contributed by atoms with Crippen molar-refractivity contribution in [3.63, 3.8) is 0 Å². The lowest BCUT2D eigenvalue weighted by molar-refractivity contribution is -0.142. The van der Waals surface area contributed by atoms with Gasteiger partial charge in [0.15, 0.2) is 6.61 Å². The number of carbonyl (C=O) groups is 1. The number of thioether (sulfide) groups is 1. The van der Waals surface area contributed by atoms with Crippen molar-refractivity contribution < 1.29 is 13.9 Å². The van der Waals surface area contributed by atoms with Crippen LogP contribution in [-0.4, -0.2) is 21.9 Å². The fourth-order valence-corrected chi connectivity index (χ4v) is 2.96. The van der Waals surface area contributed by atoms with Gasteiger partial charge in [-0.2, -0.15) is 0 Å². The van der Waals surface area contributed by atoms with Gasteiger partial charge in [-0.1, -0.05) is 27.5 Å². The molecule has 0 radical (unpaired) electrons. The summed E-state index contributed by atoms with van der Waals surface area (Å²) >= 11 is 10.6. The van der Waals surface area contributed by atoms with Gasteiger partial charge in [-0.05, 0) is 48.5 Å². The van der Waals surface area contributed by atoms with E-state index in [0.29, 0.717) is 10.9 Å². The van der Waals surface area contributed by atoms with Gasteiger partial charge < -0.3 is 9.15 Å². The fraction of sp³-hybridized carbons (Fsp3) is 0.118. The highest BCUT2D eigenvalue weighted by molar-refractivity contribution is 9.10. The molecule has 0 saturated carbocycles. The van der Waals surface area contributed by atoms with Crippen LogP contribution in [0.1, 0.15) is 5.89 Å². The highest BCUT2D eigenvalue weighted by Crippen LogP contribution is 2.22. The lowest BCUT2D eigenvalue weighted by atomic mass is 10.2. The van der Waals surface area contributed by atoms with Crippen LogP contribution in [0.3, 0.4) is 0 Å². The Hall–Kier alpha value is -1.83. The third-order valence-corrected chi connectivity index (χ3v) is 4.85. The molecule has 128 valence electrons. The van der Waals surface area contributed by atoms with Crippen molar-refractivity contribution in [3.8, 4) is 11.5 Å². The molecule has 3 aromatic rings. The maximum Gasteiger partial charge on any atom is 0.316 e. The SMILES string of the molecule is O=C(CSc1ccc(Br)cc1)OCc1nnc(-c2ccc(Cl)cc2)o1. The molecule has 0 aliphatic rings. The summed E-state index contributed by atoms with van der Waals surface area (Å²) in [4.78, 5) is 12.8. The van der Waals surface area contributed by atoms with Crippen LogP contribution in [-0.2, 0) is 16.1 Å². The van der Waals surface area contributed by atoms with E-state index < -0.39 is 0 Å². The van der Waals surface area contributed by atoms with Gasteiger partial charge in [0.1, 0.15) is 0 Å². The number of hydrogen-bond acceptors (Lipinski definition) is 6. The minimum atomic E-state index is -0.348. The number of rotatable bonds is 6. The molecule has 0 atom stereocenters. The molecule has 8 heteroatoms. The molecule has 5 nitrogen and oxygen atoms in total. The average molecular weight is 440 g/mol. The normalized spacial score (nSPS) is 10.6. The average Bonchev–Trinajstić information content (AvgIpc) is 3.09. The Kier molecular flexibility index (Phi) is 6.12. The first-order chi connectivity index (χ1) is 12.1. The van der Waals surface area contributed by atoms with Crippen molar-refractivity contribution in [1.82, 2.24) is 10.2 Å². The summed E-state index contributed by atoms with van der Waals surface area (Å²) in [6.07, 6.45) is 0. The summed E-state index contributed by atoms with van der Waals surface area (Å²) < 4.78 is 11.6. The van der Waals surface area contributed by atoms with Crippen LogP contribution < -0.4 is 0 Å². The molecule has 1 aromatic heterocycles. The van der Waals surface area contributed by atoms with Crippen LogP contribution >= 0.6 is 39.3 Å². The molecule has 0 amide bonds. The van der Waals surface area contributed by atoms with E-state index in [-0.39, 0.29) is 24.2 Å². The largest absolute Gasteiger partial charge is 0.455 e. The minimum absolute atomic E-state index is 0.0552.